The van der Waals surface area contributed by atoms with Gasteiger partial charge in [-0.1, -0.05) is 18.5 Å². The van der Waals surface area contributed by atoms with Crippen LogP contribution in [0.1, 0.15) is 36.6 Å². The molecular weight excluding hydrogens is 284 g/mol. The van der Waals surface area contributed by atoms with Gasteiger partial charge in [-0.15, -0.1) is 0 Å². The molecule has 1 N–H and O–H groups in total. The summed E-state index contributed by atoms with van der Waals surface area (Å²) in [6.45, 7) is 6.84. The van der Waals surface area contributed by atoms with Gasteiger partial charge in [-0.2, -0.15) is 0 Å². The van der Waals surface area contributed by atoms with Crippen LogP contribution in [0.15, 0.2) is 30.6 Å². The van der Waals surface area contributed by atoms with Crippen molar-refractivity contribution in [2.45, 2.75) is 32.9 Å². The second-order valence-electron chi connectivity index (χ2n) is 5.55. The van der Waals surface area contributed by atoms with E-state index >= 15 is 0 Å². The first-order chi connectivity index (χ1) is 10.2. The standard InChI is InChI=1S/C17H21ClN2O/c1-3-19-12(2)14-4-6-20(10-14)11-15-9-16(18)8-13-5-7-21-17(13)15/h4,6,8-10,12,19H,3,5,7,11H2,1-2H3. The normalized spacial score (nSPS) is 14.8. The van der Waals surface area contributed by atoms with Crippen LogP contribution in [0, 0.1) is 0 Å². The summed E-state index contributed by atoms with van der Waals surface area (Å²) in [5.74, 6) is 1.02. The quantitative estimate of drug-likeness (QED) is 0.909. The fourth-order valence-electron chi connectivity index (χ4n) is 2.90. The van der Waals surface area contributed by atoms with Crippen LogP contribution in [0.3, 0.4) is 0 Å². The van der Waals surface area contributed by atoms with Gasteiger partial charge in [0.05, 0.1) is 13.2 Å². The predicted octanol–water partition coefficient (Wildman–Crippen LogP) is 3.80. The van der Waals surface area contributed by atoms with Crippen molar-refractivity contribution >= 4 is 11.6 Å². The number of rotatable bonds is 5. The monoisotopic (exact) mass is 304 g/mol. The molecular formula is C17H21ClN2O. The molecule has 0 radical (unpaired) electrons. The number of hydrogen-bond acceptors (Lipinski definition) is 2. The molecule has 0 saturated heterocycles. The summed E-state index contributed by atoms with van der Waals surface area (Å²) in [7, 11) is 0. The van der Waals surface area contributed by atoms with Gasteiger partial charge < -0.3 is 14.6 Å². The van der Waals surface area contributed by atoms with E-state index in [0.29, 0.717) is 6.04 Å². The molecule has 3 nitrogen and oxygen atoms in total. The van der Waals surface area contributed by atoms with Crippen molar-refractivity contribution in [2.75, 3.05) is 13.2 Å². The molecule has 1 aliphatic rings. The second-order valence-corrected chi connectivity index (χ2v) is 5.98. The van der Waals surface area contributed by atoms with Crippen LogP contribution in [0.2, 0.25) is 5.02 Å². The number of ether oxygens (including phenoxy) is 1. The van der Waals surface area contributed by atoms with E-state index in [1.807, 2.05) is 12.1 Å². The summed E-state index contributed by atoms with van der Waals surface area (Å²) in [4.78, 5) is 0. The van der Waals surface area contributed by atoms with Crippen molar-refractivity contribution in [3.63, 3.8) is 0 Å². The highest BCUT2D eigenvalue weighted by atomic mass is 35.5. The second kappa shape index (κ2) is 6.12. The highest BCUT2D eigenvalue weighted by Gasteiger charge is 2.18. The molecule has 2 heterocycles. The molecule has 0 bridgehead atoms. The maximum Gasteiger partial charge on any atom is 0.127 e. The highest BCUT2D eigenvalue weighted by Crippen LogP contribution is 2.33. The largest absolute Gasteiger partial charge is 0.493 e. The van der Waals surface area contributed by atoms with Gasteiger partial charge in [0, 0.05) is 35.4 Å². The lowest BCUT2D eigenvalue weighted by Crippen LogP contribution is -2.17. The van der Waals surface area contributed by atoms with Crippen LogP contribution >= 0.6 is 11.6 Å². The zero-order chi connectivity index (χ0) is 14.8. The van der Waals surface area contributed by atoms with Gasteiger partial charge in [-0.25, -0.2) is 0 Å². The molecule has 1 unspecified atom stereocenters. The summed E-state index contributed by atoms with van der Waals surface area (Å²) in [6, 6.07) is 6.57. The summed E-state index contributed by atoms with van der Waals surface area (Å²) < 4.78 is 7.96. The molecule has 1 atom stereocenters. The maximum atomic E-state index is 6.22. The lowest BCUT2D eigenvalue weighted by molar-refractivity contribution is 0.352. The zero-order valence-electron chi connectivity index (χ0n) is 12.5. The smallest absolute Gasteiger partial charge is 0.127 e. The van der Waals surface area contributed by atoms with Crippen molar-refractivity contribution in [1.82, 2.24) is 9.88 Å². The Morgan fingerprint density at radius 1 is 1.43 bits per heavy atom. The maximum absolute atomic E-state index is 6.22. The minimum atomic E-state index is 0.373. The Kier molecular flexibility index (Phi) is 4.22. The molecule has 1 aromatic heterocycles. The predicted molar refractivity (Wildman–Crippen MR) is 86.3 cm³/mol. The molecule has 3 rings (SSSR count). The number of aromatic nitrogens is 1. The van der Waals surface area contributed by atoms with Gasteiger partial charge in [0.1, 0.15) is 5.75 Å². The fraction of sp³-hybridized carbons (Fsp3) is 0.412. The molecule has 4 heteroatoms. The van der Waals surface area contributed by atoms with E-state index in [2.05, 4.69) is 42.2 Å². The first-order valence-corrected chi connectivity index (χ1v) is 7.88. The number of benzene rings is 1. The Bertz CT molecular complexity index is 636. The first-order valence-electron chi connectivity index (χ1n) is 7.50. The van der Waals surface area contributed by atoms with Crippen LogP contribution in [0.5, 0.6) is 5.75 Å². The van der Waals surface area contributed by atoms with E-state index in [0.717, 1.165) is 42.5 Å². The lowest BCUT2D eigenvalue weighted by Gasteiger charge is -2.11. The van der Waals surface area contributed by atoms with Crippen LogP contribution in [0.4, 0.5) is 0 Å². The highest BCUT2D eigenvalue weighted by molar-refractivity contribution is 6.30. The third-order valence-corrected chi connectivity index (χ3v) is 4.18. The Balaban J connectivity index is 1.81. The van der Waals surface area contributed by atoms with Crippen LogP contribution < -0.4 is 10.1 Å². The fourth-order valence-corrected chi connectivity index (χ4v) is 3.16. The number of halogens is 1. The van der Waals surface area contributed by atoms with Crippen molar-refractivity contribution in [3.8, 4) is 5.75 Å². The molecule has 0 fully saturated rings. The topological polar surface area (TPSA) is 26.2 Å². The number of nitrogens with one attached hydrogen (secondary N) is 1. The van der Waals surface area contributed by atoms with E-state index in [1.165, 1.54) is 11.1 Å². The van der Waals surface area contributed by atoms with Gasteiger partial charge in [0.25, 0.3) is 0 Å². The molecule has 21 heavy (non-hydrogen) atoms. The van der Waals surface area contributed by atoms with Crippen LogP contribution in [0.25, 0.3) is 0 Å². The Morgan fingerprint density at radius 2 is 2.29 bits per heavy atom. The molecule has 2 aromatic rings. The average Bonchev–Trinajstić information content (AvgIpc) is 3.07. The lowest BCUT2D eigenvalue weighted by atomic mass is 10.1. The minimum absolute atomic E-state index is 0.373. The summed E-state index contributed by atoms with van der Waals surface area (Å²) in [6.07, 6.45) is 5.26. The van der Waals surface area contributed by atoms with Gasteiger partial charge in [-0.3, -0.25) is 0 Å². The summed E-state index contributed by atoms with van der Waals surface area (Å²) in [5, 5.41) is 4.22. The van der Waals surface area contributed by atoms with Crippen LogP contribution in [-0.4, -0.2) is 17.7 Å². The Hall–Kier alpha value is -1.45. The first kappa shape index (κ1) is 14.5. The van der Waals surface area contributed by atoms with E-state index in [4.69, 9.17) is 16.3 Å². The number of hydrogen-bond donors (Lipinski definition) is 1. The van der Waals surface area contributed by atoms with E-state index in [-0.39, 0.29) is 0 Å². The Labute approximate surface area is 130 Å². The third-order valence-electron chi connectivity index (χ3n) is 3.96. The van der Waals surface area contributed by atoms with Crippen LogP contribution in [-0.2, 0) is 13.0 Å². The molecule has 0 spiro atoms. The Morgan fingerprint density at radius 3 is 3.10 bits per heavy atom. The van der Waals surface area contributed by atoms with Crippen molar-refractivity contribution < 1.29 is 4.74 Å². The SMILES string of the molecule is CCNC(C)c1ccn(Cc2cc(Cl)cc3c2OCC3)c1. The molecule has 112 valence electrons. The summed E-state index contributed by atoms with van der Waals surface area (Å²) in [5.41, 5.74) is 3.69. The van der Waals surface area contributed by atoms with E-state index in [1.54, 1.807) is 0 Å². The minimum Gasteiger partial charge on any atom is -0.493 e. The molecule has 1 aromatic carbocycles. The van der Waals surface area contributed by atoms with Crippen molar-refractivity contribution in [3.05, 3.63) is 52.3 Å². The molecule has 1 aliphatic heterocycles. The average molecular weight is 305 g/mol. The number of fused-ring (bicyclic) bond motifs is 1. The van der Waals surface area contributed by atoms with Gasteiger partial charge >= 0.3 is 0 Å². The molecule has 0 amide bonds. The van der Waals surface area contributed by atoms with Gasteiger partial charge in [-0.05, 0) is 42.8 Å². The van der Waals surface area contributed by atoms with E-state index < -0.39 is 0 Å². The van der Waals surface area contributed by atoms with Gasteiger partial charge in [0.15, 0.2) is 0 Å². The number of nitrogens with zero attached hydrogens (tertiary/aromatic N) is 1. The zero-order valence-corrected chi connectivity index (χ0v) is 13.3. The molecule has 0 aliphatic carbocycles. The third kappa shape index (κ3) is 3.09. The van der Waals surface area contributed by atoms with Crippen molar-refractivity contribution in [1.29, 1.82) is 0 Å². The van der Waals surface area contributed by atoms with Crippen molar-refractivity contribution in [2.24, 2.45) is 0 Å². The molecule has 0 saturated carbocycles. The summed E-state index contributed by atoms with van der Waals surface area (Å²) >= 11 is 6.22. The van der Waals surface area contributed by atoms with E-state index in [9.17, 15) is 0 Å². The van der Waals surface area contributed by atoms with Gasteiger partial charge in [0.2, 0.25) is 0 Å².